The number of para-hydroxylation sites is 1. The van der Waals surface area contributed by atoms with Crippen LogP contribution in [0.4, 0.5) is 0 Å². The van der Waals surface area contributed by atoms with Crippen molar-refractivity contribution in [2.75, 3.05) is 13.1 Å². The van der Waals surface area contributed by atoms with Gasteiger partial charge in [-0.05, 0) is 26.0 Å². The van der Waals surface area contributed by atoms with Crippen LogP contribution >= 0.6 is 12.2 Å². The van der Waals surface area contributed by atoms with Crippen molar-refractivity contribution in [1.82, 2.24) is 14.7 Å². The van der Waals surface area contributed by atoms with Crippen molar-refractivity contribution in [2.45, 2.75) is 13.8 Å². The fourth-order valence-corrected chi connectivity index (χ4v) is 3.14. The molecule has 0 aliphatic rings. The molecule has 0 aliphatic heterocycles. The molecule has 0 aliphatic carbocycles. The predicted molar refractivity (Wildman–Crippen MR) is 104 cm³/mol. The van der Waals surface area contributed by atoms with Gasteiger partial charge in [-0.2, -0.15) is 5.10 Å². The van der Waals surface area contributed by atoms with Gasteiger partial charge in [0.2, 0.25) is 0 Å². The van der Waals surface area contributed by atoms with E-state index in [1.807, 2.05) is 59.4 Å². The van der Waals surface area contributed by atoms with Gasteiger partial charge in [0.05, 0.1) is 11.3 Å². The van der Waals surface area contributed by atoms with Crippen molar-refractivity contribution >= 4 is 17.2 Å². The Morgan fingerprint density at radius 2 is 1.54 bits per heavy atom. The number of aromatic nitrogens is 2. The van der Waals surface area contributed by atoms with Crippen LogP contribution in [0.25, 0.3) is 16.9 Å². The molecule has 0 fully saturated rings. The molecule has 0 bridgehead atoms. The van der Waals surface area contributed by atoms with E-state index in [9.17, 15) is 0 Å². The molecule has 0 N–H and O–H groups in total. The summed E-state index contributed by atoms with van der Waals surface area (Å²) in [5.41, 5.74) is 4.04. The maximum atomic E-state index is 5.76. The smallest absolute Gasteiger partial charge is 0.113 e. The zero-order valence-electron chi connectivity index (χ0n) is 14.0. The molecule has 4 heteroatoms. The lowest BCUT2D eigenvalue weighted by atomic mass is 10.1. The zero-order chi connectivity index (χ0) is 16.9. The van der Waals surface area contributed by atoms with Crippen molar-refractivity contribution in [2.24, 2.45) is 0 Å². The van der Waals surface area contributed by atoms with E-state index in [0.717, 1.165) is 40.6 Å². The van der Waals surface area contributed by atoms with Crippen molar-refractivity contribution in [3.8, 4) is 16.9 Å². The summed E-state index contributed by atoms with van der Waals surface area (Å²) in [6.45, 7) is 6.03. The minimum atomic E-state index is 0.848. The van der Waals surface area contributed by atoms with Gasteiger partial charge in [0.1, 0.15) is 10.7 Å². The third kappa shape index (κ3) is 3.24. The average Bonchev–Trinajstić information content (AvgIpc) is 3.09. The highest BCUT2D eigenvalue weighted by molar-refractivity contribution is 7.80. The maximum absolute atomic E-state index is 5.76. The third-order valence-corrected chi connectivity index (χ3v) is 4.54. The van der Waals surface area contributed by atoms with Crippen LogP contribution < -0.4 is 0 Å². The third-order valence-electron chi connectivity index (χ3n) is 4.06. The first-order valence-electron chi connectivity index (χ1n) is 8.24. The van der Waals surface area contributed by atoms with E-state index < -0.39 is 0 Å². The predicted octanol–water partition coefficient (Wildman–Crippen LogP) is 4.56. The van der Waals surface area contributed by atoms with E-state index in [1.165, 1.54) is 0 Å². The van der Waals surface area contributed by atoms with Crippen LogP contribution in [0.1, 0.15) is 19.4 Å². The molecule has 0 spiro atoms. The molecule has 0 atom stereocenters. The summed E-state index contributed by atoms with van der Waals surface area (Å²) in [6, 6.07) is 20.4. The highest BCUT2D eigenvalue weighted by atomic mass is 32.1. The molecule has 3 nitrogen and oxygen atoms in total. The summed E-state index contributed by atoms with van der Waals surface area (Å²) in [7, 11) is 0. The molecule has 2 aromatic carbocycles. The number of nitrogens with zero attached hydrogens (tertiary/aromatic N) is 3. The normalized spacial score (nSPS) is 10.6. The van der Waals surface area contributed by atoms with Gasteiger partial charge in [0, 0.05) is 24.8 Å². The topological polar surface area (TPSA) is 21.1 Å². The molecule has 0 saturated carbocycles. The standard InChI is InChI=1S/C20H21N3S/c1-3-22(4-2)20(24)18-15-23(17-13-9-6-10-14-17)21-19(18)16-11-7-5-8-12-16/h5-15H,3-4H2,1-2H3. The van der Waals surface area contributed by atoms with Gasteiger partial charge in [0.15, 0.2) is 0 Å². The summed E-state index contributed by atoms with van der Waals surface area (Å²) >= 11 is 5.76. The molecule has 3 rings (SSSR count). The van der Waals surface area contributed by atoms with E-state index >= 15 is 0 Å². The van der Waals surface area contributed by atoms with E-state index in [4.69, 9.17) is 17.3 Å². The van der Waals surface area contributed by atoms with Crippen LogP contribution in [0.3, 0.4) is 0 Å². The van der Waals surface area contributed by atoms with Crippen LogP contribution in [0.5, 0.6) is 0 Å². The van der Waals surface area contributed by atoms with Crippen molar-refractivity contribution < 1.29 is 0 Å². The fourth-order valence-electron chi connectivity index (χ4n) is 2.73. The lowest BCUT2D eigenvalue weighted by molar-refractivity contribution is 0.475. The quantitative estimate of drug-likeness (QED) is 0.638. The molecular formula is C20H21N3S. The molecule has 1 aromatic heterocycles. The first-order valence-corrected chi connectivity index (χ1v) is 8.65. The van der Waals surface area contributed by atoms with Gasteiger partial charge in [-0.25, -0.2) is 4.68 Å². The largest absolute Gasteiger partial charge is 0.363 e. The van der Waals surface area contributed by atoms with Crippen LogP contribution in [0.2, 0.25) is 0 Å². The Balaban J connectivity index is 2.12. The van der Waals surface area contributed by atoms with E-state index in [0.29, 0.717) is 0 Å². The second-order valence-corrected chi connectivity index (χ2v) is 5.90. The van der Waals surface area contributed by atoms with E-state index in [2.05, 4.69) is 30.9 Å². The van der Waals surface area contributed by atoms with Crippen molar-refractivity contribution in [1.29, 1.82) is 0 Å². The Morgan fingerprint density at radius 1 is 0.958 bits per heavy atom. The van der Waals surface area contributed by atoms with Gasteiger partial charge < -0.3 is 4.90 Å². The highest BCUT2D eigenvalue weighted by Gasteiger charge is 2.18. The van der Waals surface area contributed by atoms with Gasteiger partial charge in [-0.3, -0.25) is 0 Å². The van der Waals surface area contributed by atoms with Gasteiger partial charge >= 0.3 is 0 Å². The summed E-state index contributed by atoms with van der Waals surface area (Å²) in [5, 5.41) is 4.83. The highest BCUT2D eigenvalue weighted by Crippen LogP contribution is 2.25. The Labute approximate surface area is 148 Å². The molecule has 0 amide bonds. The number of hydrogen-bond acceptors (Lipinski definition) is 2. The lowest BCUT2D eigenvalue weighted by Gasteiger charge is -2.21. The van der Waals surface area contributed by atoms with Gasteiger partial charge in [0.25, 0.3) is 0 Å². The molecule has 0 radical (unpaired) electrons. The lowest BCUT2D eigenvalue weighted by Crippen LogP contribution is -2.29. The average molecular weight is 335 g/mol. The van der Waals surface area contributed by atoms with E-state index in [-0.39, 0.29) is 0 Å². The molecule has 122 valence electrons. The first kappa shape index (κ1) is 16.4. The van der Waals surface area contributed by atoms with Gasteiger partial charge in [-0.1, -0.05) is 60.7 Å². The number of hydrogen-bond donors (Lipinski definition) is 0. The summed E-state index contributed by atoms with van der Waals surface area (Å²) < 4.78 is 1.91. The zero-order valence-corrected chi connectivity index (χ0v) is 14.8. The van der Waals surface area contributed by atoms with Crippen LogP contribution in [-0.2, 0) is 0 Å². The fraction of sp³-hybridized carbons (Fsp3) is 0.200. The molecule has 0 unspecified atom stereocenters. The Hall–Kier alpha value is -2.46. The maximum Gasteiger partial charge on any atom is 0.113 e. The van der Waals surface area contributed by atoms with Crippen LogP contribution in [0.15, 0.2) is 66.9 Å². The molecule has 24 heavy (non-hydrogen) atoms. The second kappa shape index (κ2) is 7.41. The van der Waals surface area contributed by atoms with Crippen LogP contribution in [-0.4, -0.2) is 32.8 Å². The van der Waals surface area contributed by atoms with E-state index in [1.54, 1.807) is 0 Å². The molecule has 3 aromatic rings. The SMILES string of the molecule is CCN(CC)C(=S)c1cn(-c2ccccc2)nc1-c1ccccc1. The number of thiocarbonyl (C=S) groups is 1. The second-order valence-electron chi connectivity index (χ2n) is 5.51. The Bertz CT molecular complexity index is 805. The molecule has 0 saturated heterocycles. The molecular weight excluding hydrogens is 314 g/mol. The minimum Gasteiger partial charge on any atom is -0.363 e. The summed E-state index contributed by atoms with van der Waals surface area (Å²) in [5.74, 6) is 0. The Kier molecular flexibility index (Phi) is 5.06. The number of benzene rings is 2. The minimum absolute atomic E-state index is 0.848. The van der Waals surface area contributed by atoms with Crippen molar-refractivity contribution in [3.05, 3.63) is 72.4 Å². The summed E-state index contributed by atoms with van der Waals surface area (Å²) in [6.07, 6.45) is 2.04. The Morgan fingerprint density at radius 3 is 2.12 bits per heavy atom. The van der Waals surface area contributed by atoms with Crippen molar-refractivity contribution in [3.63, 3.8) is 0 Å². The summed E-state index contributed by atoms with van der Waals surface area (Å²) in [4.78, 5) is 3.04. The molecule has 1 heterocycles. The first-order chi connectivity index (χ1) is 11.7. The monoisotopic (exact) mass is 335 g/mol. The number of rotatable bonds is 5. The van der Waals surface area contributed by atoms with Crippen LogP contribution in [0, 0.1) is 0 Å². The van der Waals surface area contributed by atoms with Gasteiger partial charge in [-0.15, -0.1) is 0 Å².